The summed E-state index contributed by atoms with van der Waals surface area (Å²) in [6.45, 7) is 8.85. The molecule has 2 saturated carbocycles. The Balaban J connectivity index is 1.46. The zero-order chi connectivity index (χ0) is 23.0. The number of carbonyl (C=O) groups excluding carboxylic acids is 2. The Labute approximate surface area is 191 Å². The van der Waals surface area contributed by atoms with Crippen molar-refractivity contribution in [1.29, 1.82) is 0 Å². The molecule has 4 rings (SSSR count). The molecule has 2 aliphatic carbocycles. The van der Waals surface area contributed by atoms with Crippen LogP contribution < -0.4 is 11.1 Å². The number of Topliss-reactive ketones (excluding diaryl/α,β-unsaturated/α-hetero) is 1. The maximum atomic E-state index is 12.9. The number of nitrogens with zero attached hydrogens (tertiary/aromatic N) is 2. The number of nitrogen functional groups attached to an aromatic ring is 1. The highest BCUT2D eigenvalue weighted by molar-refractivity contribution is 5.98. The third kappa shape index (κ3) is 4.89. The SMILES string of the molecule is Cc1ccc(C(=O)CC2CC2)cc1-n1cnc(C(=O)NC2CCC(C(C)(C)C)CC2)c1N. The number of hydrogen-bond donors (Lipinski definition) is 2. The zero-order valence-electron chi connectivity index (χ0n) is 19.8. The Morgan fingerprint density at radius 2 is 1.81 bits per heavy atom. The largest absolute Gasteiger partial charge is 0.383 e. The lowest BCUT2D eigenvalue weighted by molar-refractivity contribution is 0.0899. The number of hydrogen-bond acceptors (Lipinski definition) is 4. The van der Waals surface area contributed by atoms with E-state index in [9.17, 15) is 9.59 Å². The van der Waals surface area contributed by atoms with E-state index < -0.39 is 0 Å². The van der Waals surface area contributed by atoms with Gasteiger partial charge in [0.1, 0.15) is 12.1 Å². The van der Waals surface area contributed by atoms with Crippen LogP contribution in [0.4, 0.5) is 5.82 Å². The van der Waals surface area contributed by atoms with E-state index in [0.29, 0.717) is 35.1 Å². The van der Waals surface area contributed by atoms with Crippen LogP contribution in [-0.4, -0.2) is 27.3 Å². The van der Waals surface area contributed by atoms with Crippen LogP contribution >= 0.6 is 0 Å². The van der Waals surface area contributed by atoms with Crippen molar-refractivity contribution >= 4 is 17.5 Å². The Morgan fingerprint density at radius 1 is 1.12 bits per heavy atom. The van der Waals surface area contributed by atoms with Crippen molar-refractivity contribution in [3.63, 3.8) is 0 Å². The second kappa shape index (κ2) is 8.72. The monoisotopic (exact) mass is 436 g/mol. The average molecular weight is 437 g/mol. The van der Waals surface area contributed by atoms with Crippen LogP contribution in [0.2, 0.25) is 0 Å². The number of rotatable bonds is 6. The summed E-state index contributed by atoms with van der Waals surface area (Å²) in [7, 11) is 0. The second-order valence-corrected chi connectivity index (χ2v) is 10.8. The number of aromatic nitrogens is 2. The van der Waals surface area contributed by atoms with Crippen LogP contribution in [0.5, 0.6) is 0 Å². The van der Waals surface area contributed by atoms with Gasteiger partial charge < -0.3 is 11.1 Å². The van der Waals surface area contributed by atoms with E-state index in [1.165, 1.54) is 0 Å². The molecule has 172 valence electrons. The molecule has 1 heterocycles. The molecule has 6 heteroatoms. The Kier molecular flexibility index (Phi) is 6.15. The molecule has 0 spiro atoms. The lowest BCUT2D eigenvalue weighted by Crippen LogP contribution is -2.39. The van der Waals surface area contributed by atoms with Gasteiger partial charge in [-0.05, 0) is 74.3 Å². The number of imidazole rings is 1. The van der Waals surface area contributed by atoms with Gasteiger partial charge >= 0.3 is 0 Å². The van der Waals surface area contributed by atoms with Crippen molar-refractivity contribution in [2.45, 2.75) is 78.7 Å². The number of aryl methyl sites for hydroxylation is 1. The first-order chi connectivity index (χ1) is 15.1. The van der Waals surface area contributed by atoms with Gasteiger partial charge in [0.2, 0.25) is 0 Å². The smallest absolute Gasteiger partial charge is 0.273 e. The van der Waals surface area contributed by atoms with Gasteiger partial charge in [-0.3, -0.25) is 14.2 Å². The predicted molar refractivity (Wildman–Crippen MR) is 127 cm³/mol. The molecule has 0 aliphatic heterocycles. The van der Waals surface area contributed by atoms with Gasteiger partial charge in [-0.2, -0.15) is 0 Å². The fourth-order valence-electron chi connectivity index (χ4n) is 4.83. The minimum absolute atomic E-state index is 0.163. The first-order valence-electron chi connectivity index (χ1n) is 11.9. The Morgan fingerprint density at radius 3 is 2.44 bits per heavy atom. The molecule has 6 nitrogen and oxygen atoms in total. The fraction of sp³-hybridized carbons (Fsp3) is 0.577. The van der Waals surface area contributed by atoms with Gasteiger partial charge in [0, 0.05) is 18.0 Å². The van der Waals surface area contributed by atoms with Gasteiger partial charge in [0.15, 0.2) is 11.5 Å². The Bertz CT molecular complexity index is 1010. The van der Waals surface area contributed by atoms with Crippen molar-refractivity contribution in [2.24, 2.45) is 17.3 Å². The lowest BCUT2D eigenvalue weighted by Gasteiger charge is -2.37. The molecule has 0 bridgehead atoms. The number of nitrogens with two attached hydrogens (primary N) is 1. The summed E-state index contributed by atoms with van der Waals surface area (Å²) in [5, 5.41) is 3.14. The molecule has 1 amide bonds. The van der Waals surface area contributed by atoms with Crippen LogP contribution in [0, 0.1) is 24.2 Å². The summed E-state index contributed by atoms with van der Waals surface area (Å²) >= 11 is 0. The first-order valence-corrected chi connectivity index (χ1v) is 11.9. The zero-order valence-corrected chi connectivity index (χ0v) is 19.8. The molecule has 2 fully saturated rings. The summed E-state index contributed by atoms with van der Waals surface area (Å²) in [5.41, 5.74) is 9.38. The highest BCUT2D eigenvalue weighted by Crippen LogP contribution is 2.38. The maximum Gasteiger partial charge on any atom is 0.273 e. The maximum absolute atomic E-state index is 12.9. The van der Waals surface area contributed by atoms with Crippen molar-refractivity contribution in [3.8, 4) is 5.69 Å². The van der Waals surface area contributed by atoms with Crippen LogP contribution in [0.15, 0.2) is 24.5 Å². The lowest BCUT2D eigenvalue weighted by atomic mass is 9.71. The van der Waals surface area contributed by atoms with E-state index in [-0.39, 0.29) is 23.4 Å². The number of ketones is 1. The van der Waals surface area contributed by atoms with Crippen LogP contribution in [0.25, 0.3) is 5.69 Å². The second-order valence-electron chi connectivity index (χ2n) is 10.8. The summed E-state index contributed by atoms with van der Waals surface area (Å²) in [5.74, 6) is 1.48. The summed E-state index contributed by atoms with van der Waals surface area (Å²) < 4.78 is 1.72. The van der Waals surface area contributed by atoms with E-state index >= 15 is 0 Å². The fourth-order valence-corrected chi connectivity index (χ4v) is 4.83. The molecular weight excluding hydrogens is 400 g/mol. The molecule has 1 aromatic carbocycles. The van der Waals surface area contributed by atoms with Crippen molar-refractivity contribution in [1.82, 2.24) is 14.9 Å². The Hall–Kier alpha value is -2.63. The molecule has 0 atom stereocenters. The molecule has 32 heavy (non-hydrogen) atoms. The summed E-state index contributed by atoms with van der Waals surface area (Å²) in [6.07, 6.45) is 8.70. The average Bonchev–Trinajstić information content (AvgIpc) is 3.47. The van der Waals surface area contributed by atoms with Crippen LogP contribution in [0.1, 0.15) is 92.1 Å². The molecule has 0 unspecified atom stereocenters. The van der Waals surface area contributed by atoms with E-state index in [1.807, 2.05) is 25.1 Å². The number of carbonyl (C=O) groups is 2. The quantitative estimate of drug-likeness (QED) is 0.618. The van der Waals surface area contributed by atoms with E-state index in [2.05, 4.69) is 31.1 Å². The molecule has 2 aromatic rings. The third-order valence-corrected chi connectivity index (χ3v) is 7.27. The normalized spacial score (nSPS) is 21.4. The number of benzene rings is 1. The molecule has 1 aromatic heterocycles. The van der Waals surface area contributed by atoms with E-state index in [4.69, 9.17) is 5.73 Å². The standard InChI is InChI=1S/C26H36N4O2/c1-16-5-8-18(22(31)13-17-6-7-17)14-21(16)30-15-28-23(24(30)27)25(32)29-20-11-9-19(10-12-20)26(2,3)4/h5,8,14-15,17,19-20H,6-7,9-13,27H2,1-4H3,(H,29,32). The molecule has 0 radical (unpaired) electrons. The highest BCUT2D eigenvalue weighted by atomic mass is 16.2. The van der Waals surface area contributed by atoms with Crippen LogP contribution in [0.3, 0.4) is 0 Å². The molecule has 3 N–H and O–H groups in total. The minimum Gasteiger partial charge on any atom is -0.383 e. The molecule has 0 saturated heterocycles. The van der Waals surface area contributed by atoms with E-state index in [1.54, 1.807) is 10.9 Å². The van der Waals surface area contributed by atoms with Crippen molar-refractivity contribution in [3.05, 3.63) is 41.3 Å². The highest BCUT2D eigenvalue weighted by Gasteiger charge is 2.31. The summed E-state index contributed by atoms with van der Waals surface area (Å²) in [4.78, 5) is 29.8. The summed E-state index contributed by atoms with van der Waals surface area (Å²) in [6, 6.07) is 5.84. The van der Waals surface area contributed by atoms with Gasteiger partial charge in [0.05, 0.1) is 5.69 Å². The van der Waals surface area contributed by atoms with Gasteiger partial charge in [-0.15, -0.1) is 0 Å². The minimum atomic E-state index is -0.223. The van der Waals surface area contributed by atoms with Gasteiger partial charge in [-0.1, -0.05) is 32.9 Å². The number of amides is 1. The molecular formula is C26H36N4O2. The first kappa shape index (κ1) is 22.6. The van der Waals surface area contributed by atoms with Crippen molar-refractivity contribution in [2.75, 3.05) is 5.73 Å². The number of nitrogens with one attached hydrogen (secondary N) is 1. The number of anilines is 1. The topological polar surface area (TPSA) is 90.0 Å². The van der Waals surface area contributed by atoms with Gasteiger partial charge in [-0.25, -0.2) is 4.98 Å². The van der Waals surface area contributed by atoms with Crippen molar-refractivity contribution < 1.29 is 9.59 Å². The third-order valence-electron chi connectivity index (χ3n) is 7.27. The predicted octanol–water partition coefficient (Wildman–Crippen LogP) is 5.08. The van der Waals surface area contributed by atoms with E-state index in [0.717, 1.165) is 49.8 Å². The molecule has 2 aliphatic rings. The van der Waals surface area contributed by atoms with Gasteiger partial charge in [0.25, 0.3) is 5.91 Å². The van der Waals surface area contributed by atoms with Crippen LogP contribution in [-0.2, 0) is 0 Å².